The van der Waals surface area contributed by atoms with Gasteiger partial charge >= 0.3 is 0 Å². The van der Waals surface area contributed by atoms with Crippen LogP contribution in [0.4, 0.5) is 10.1 Å². The second kappa shape index (κ2) is 6.48. The van der Waals surface area contributed by atoms with Crippen LogP contribution in [0.2, 0.25) is 0 Å². The summed E-state index contributed by atoms with van der Waals surface area (Å²) in [6.07, 6.45) is 4.45. The highest BCUT2D eigenvalue weighted by Crippen LogP contribution is 2.28. The number of aryl methyl sites for hydroxylation is 1. The third-order valence-electron chi connectivity index (χ3n) is 3.34. The molecule has 0 saturated heterocycles. The first kappa shape index (κ1) is 14.5. The molecule has 20 heavy (non-hydrogen) atoms. The normalized spacial score (nSPS) is 12.3. The SMILES string of the molecule is CCCNC(c1ccc(F)cc1C)c1cnccc1N. The largest absolute Gasteiger partial charge is 0.398 e. The van der Waals surface area contributed by atoms with Crippen molar-refractivity contribution in [1.82, 2.24) is 10.3 Å². The Labute approximate surface area is 119 Å². The molecule has 1 heterocycles. The van der Waals surface area contributed by atoms with Crippen LogP contribution >= 0.6 is 0 Å². The molecule has 0 amide bonds. The van der Waals surface area contributed by atoms with Gasteiger partial charge in [0.05, 0.1) is 6.04 Å². The van der Waals surface area contributed by atoms with Crippen molar-refractivity contribution in [2.75, 3.05) is 12.3 Å². The number of pyridine rings is 1. The Morgan fingerprint density at radius 1 is 1.30 bits per heavy atom. The highest BCUT2D eigenvalue weighted by Gasteiger charge is 2.18. The summed E-state index contributed by atoms with van der Waals surface area (Å²) in [5.74, 6) is -0.223. The molecule has 1 aromatic heterocycles. The number of hydrogen-bond donors (Lipinski definition) is 2. The van der Waals surface area contributed by atoms with Crippen molar-refractivity contribution in [2.24, 2.45) is 0 Å². The van der Waals surface area contributed by atoms with Crippen LogP contribution in [0.25, 0.3) is 0 Å². The molecule has 4 heteroatoms. The molecule has 0 aliphatic carbocycles. The Balaban J connectivity index is 2.44. The van der Waals surface area contributed by atoms with Crippen molar-refractivity contribution >= 4 is 5.69 Å². The number of nitrogen functional groups attached to an aromatic ring is 1. The van der Waals surface area contributed by atoms with Gasteiger partial charge in [0.25, 0.3) is 0 Å². The van der Waals surface area contributed by atoms with E-state index in [9.17, 15) is 4.39 Å². The van der Waals surface area contributed by atoms with Crippen LogP contribution in [0, 0.1) is 12.7 Å². The van der Waals surface area contributed by atoms with Crippen LogP contribution in [0.5, 0.6) is 0 Å². The number of hydrogen-bond acceptors (Lipinski definition) is 3. The fraction of sp³-hybridized carbons (Fsp3) is 0.312. The molecule has 1 aromatic carbocycles. The number of rotatable bonds is 5. The van der Waals surface area contributed by atoms with Gasteiger partial charge in [-0.2, -0.15) is 0 Å². The minimum absolute atomic E-state index is 0.0655. The Hall–Kier alpha value is -1.94. The Bertz CT molecular complexity index is 584. The third-order valence-corrected chi connectivity index (χ3v) is 3.34. The van der Waals surface area contributed by atoms with E-state index in [0.29, 0.717) is 5.69 Å². The zero-order chi connectivity index (χ0) is 14.5. The van der Waals surface area contributed by atoms with Crippen molar-refractivity contribution in [3.63, 3.8) is 0 Å². The lowest BCUT2D eigenvalue weighted by molar-refractivity contribution is 0.589. The number of nitrogens with zero attached hydrogens (tertiary/aromatic N) is 1. The zero-order valence-corrected chi connectivity index (χ0v) is 11.9. The second-order valence-corrected chi connectivity index (χ2v) is 4.89. The Morgan fingerprint density at radius 2 is 2.10 bits per heavy atom. The molecule has 2 aromatic rings. The summed E-state index contributed by atoms with van der Waals surface area (Å²) < 4.78 is 13.3. The third kappa shape index (κ3) is 3.14. The van der Waals surface area contributed by atoms with Crippen LogP contribution in [-0.2, 0) is 0 Å². The molecule has 3 N–H and O–H groups in total. The van der Waals surface area contributed by atoms with Gasteiger partial charge in [0.1, 0.15) is 5.82 Å². The lowest BCUT2D eigenvalue weighted by atomic mass is 9.95. The minimum atomic E-state index is -0.223. The van der Waals surface area contributed by atoms with Crippen LogP contribution in [0.15, 0.2) is 36.7 Å². The molecule has 0 fully saturated rings. The lowest BCUT2D eigenvalue weighted by Crippen LogP contribution is -2.25. The quantitative estimate of drug-likeness (QED) is 0.879. The maximum Gasteiger partial charge on any atom is 0.123 e. The van der Waals surface area contributed by atoms with E-state index in [1.165, 1.54) is 6.07 Å². The molecule has 0 spiro atoms. The molecular weight excluding hydrogens is 253 g/mol. The number of anilines is 1. The number of benzene rings is 1. The minimum Gasteiger partial charge on any atom is -0.398 e. The zero-order valence-electron chi connectivity index (χ0n) is 11.9. The monoisotopic (exact) mass is 273 g/mol. The number of nitrogens with one attached hydrogen (secondary N) is 1. The summed E-state index contributed by atoms with van der Waals surface area (Å²) in [4.78, 5) is 4.15. The Morgan fingerprint density at radius 3 is 2.75 bits per heavy atom. The van der Waals surface area contributed by atoms with Crippen molar-refractivity contribution < 1.29 is 4.39 Å². The van der Waals surface area contributed by atoms with Crippen LogP contribution in [0.1, 0.15) is 36.1 Å². The molecule has 0 saturated carbocycles. The first-order chi connectivity index (χ1) is 9.63. The molecule has 106 valence electrons. The van der Waals surface area contributed by atoms with Crippen molar-refractivity contribution in [1.29, 1.82) is 0 Å². The molecule has 0 aliphatic heterocycles. The van der Waals surface area contributed by atoms with E-state index in [1.807, 2.05) is 13.0 Å². The Kier molecular flexibility index (Phi) is 4.69. The van der Waals surface area contributed by atoms with E-state index >= 15 is 0 Å². The van der Waals surface area contributed by atoms with Crippen molar-refractivity contribution in [2.45, 2.75) is 26.3 Å². The second-order valence-electron chi connectivity index (χ2n) is 4.89. The maximum absolute atomic E-state index is 13.3. The van der Waals surface area contributed by atoms with Gasteiger partial charge in [0.2, 0.25) is 0 Å². The summed E-state index contributed by atoms with van der Waals surface area (Å²) in [5, 5.41) is 3.46. The van der Waals surface area contributed by atoms with Crippen LogP contribution < -0.4 is 11.1 Å². The average Bonchev–Trinajstić information content (AvgIpc) is 2.42. The molecule has 2 rings (SSSR count). The fourth-order valence-electron chi connectivity index (χ4n) is 2.30. The standard InChI is InChI=1S/C16H20FN3/c1-3-7-20-16(14-10-19-8-6-15(14)18)13-5-4-12(17)9-11(13)2/h4-6,8-10,16,20H,3,7H2,1-2H3,(H2,18,19). The maximum atomic E-state index is 13.3. The molecule has 0 radical (unpaired) electrons. The van der Waals surface area contributed by atoms with Gasteiger partial charge in [-0.25, -0.2) is 4.39 Å². The van der Waals surface area contributed by atoms with Crippen molar-refractivity contribution in [3.05, 3.63) is 59.2 Å². The van der Waals surface area contributed by atoms with E-state index in [4.69, 9.17) is 5.73 Å². The first-order valence-electron chi connectivity index (χ1n) is 6.82. The number of halogens is 1. The van der Waals surface area contributed by atoms with E-state index in [2.05, 4.69) is 17.2 Å². The van der Waals surface area contributed by atoms with Gasteiger partial charge in [-0.15, -0.1) is 0 Å². The van der Waals surface area contributed by atoms with E-state index < -0.39 is 0 Å². The van der Waals surface area contributed by atoms with E-state index in [0.717, 1.165) is 29.7 Å². The van der Waals surface area contributed by atoms with Crippen LogP contribution in [0.3, 0.4) is 0 Å². The summed E-state index contributed by atoms with van der Waals surface area (Å²) in [6.45, 7) is 4.87. The summed E-state index contributed by atoms with van der Waals surface area (Å²) in [5.41, 5.74) is 9.61. The summed E-state index contributed by atoms with van der Waals surface area (Å²) >= 11 is 0. The van der Waals surface area contributed by atoms with Gasteiger partial charge in [-0.1, -0.05) is 13.0 Å². The van der Waals surface area contributed by atoms with E-state index in [-0.39, 0.29) is 11.9 Å². The molecule has 0 aliphatic rings. The molecule has 3 nitrogen and oxygen atoms in total. The topological polar surface area (TPSA) is 50.9 Å². The average molecular weight is 273 g/mol. The molecule has 1 unspecified atom stereocenters. The smallest absolute Gasteiger partial charge is 0.123 e. The van der Waals surface area contributed by atoms with Gasteiger partial charge < -0.3 is 11.1 Å². The van der Waals surface area contributed by atoms with Gasteiger partial charge in [0.15, 0.2) is 0 Å². The highest BCUT2D eigenvalue weighted by atomic mass is 19.1. The molecular formula is C16H20FN3. The predicted molar refractivity (Wildman–Crippen MR) is 79.9 cm³/mol. The van der Waals surface area contributed by atoms with Crippen molar-refractivity contribution in [3.8, 4) is 0 Å². The predicted octanol–water partition coefficient (Wildman–Crippen LogP) is 3.20. The number of nitrogens with two attached hydrogens (primary N) is 1. The molecule has 1 atom stereocenters. The lowest BCUT2D eigenvalue weighted by Gasteiger charge is -2.22. The first-order valence-corrected chi connectivity index (χ1v) is 6.82. The van der Waals surface area contributed by atoms with Crippen LogP contribution in [-0.4, -0.2) is 11.5 Å². The number of aromatic nitrogens is 1. The van der Waals surface area contributed by atoms with Gasteiger partial charge in [-0.3, -0.25) is 4.98 Å². The highest BCUT2D eigenvalue weighted by molar-refractivity contribution is 5.50. The molecule has 0 bridgehead atoms. The summed E-state index contributed by atoms with van der Waals surface area (Å²) in [6, 6.07) is 6.56. The van der Waals surface area contributed by atoms with E-state index in [1.54, 1.807) is 24.5 Å². The van der Waals surface area contributed by atoms with Gasteiger partial charge in [0, 0.05) is 23.6 Å². The fourth-order valence-corrected chi connectivity index (χ4v) is 2.30. The van der Waals surface area contributed by atoms with Gasteiger partial charge in [-0.05, 0) is 49.2 Å². The summed E-state index contributed by atoms with van der Waals surface area (Å²) in [7, 11) is 0.